The summed E-state index contributed by atoms with van der Waals surface area (Å²) in [6.07, 6.45) is 0. The Morgan fingerprint density at radius 3 is 2.41 bits per heavy atom. The summed E-state index contributed by atoms with van der Waals surface area (Å²) in [4.78, 5) is 27.4. The zero-order valence-corrected chi connectivity index (χ0v) is 18.4. The van der Waals surface area contributed by atoms with Gasteiger partial charge in [-0.25, -0.2) is 9.97 Å². The molecule has 0 unspecified atom stereocenters. The van der Waals surface area contributed by atoms with Gasteiger partial charge < -0.3 is 20.4 Å². The molecule has 0 radical (unpaired) electrons. The molecule has 2 aromatic heterocycles. The Hall–Kier alpha value is -3.33. The molecular weight excluding hydrogens is 455 g/mol. The van der Waals surface area contributed by atoms with Gasteiger partial charge in [0, 0.05) is 11.1 Å². The Balaban J connectivity index is 1.89. The maximum Gasteiger partial charge on any atom is 0.293 e. The second kappa shape index (κ2) is 9.04. The first-order valence-electron chi connectivity index (χ1n) is 9.50. The number of nitrogens with zero attached hydrogens (tertiary/aromatic N) is 3. The standard InChI is InChI=1S/C22H18Cl2N4O4/c1-31-28-21-15(11-14(22(28)30)18-16(23)3-2-4-17(18)24)19(25)26-20(27-21)12-5-7-13(8-6-12)32-10-9-29/h2-8,11,29H,9-10H2,1H3,(H2,25,26,27). The Morgan fingerprint density at radius 2 is 1.78 bits per heavy atom. The van der Waals surface area contributed by atoms with Crippen molar-refractivity contribution < 1.29 is 14.7 Å². The summed E-state index contributed by atoms with van der Waals surface area (Å²) in [5, 5.41) is 9.91. The number of fused-ring (bicyclic) bond motifs is 1. The number of nitrogens with two attached hydrogens (primary N) is 1. The summed E-state index contributed by atoms with van der Waals surface area (Å²) in [6, 6.07) is 13.5. The lowest BCUT2D eigenvalue weighted by Crippen LogP contribution is -2.27. The third-order valence-corrected chi connectivity index (χ3v) is 5.37. The monoisotopic (exact) mass is 472 g/mol. The summed E-state index contributed by atoms with van der Waals surface area (Å²) in [5.41, 5.74) is 7.19. The lowest BCUT2D eigenvalue weighted by molar-refractivity contribution is 0.168. The van der Waals surface area contributed by atoms with Crippen LogP contribution in [0.2, 0.25) is 10.0 Å². The number of hydrogen-bond donors (Lipinski definition) is 2. The van der Waals surface area contributed by atoms with Crippen molar-refractivity contribution >= 4 is 40.1 Å². The van der Waals surface area contributed by atoms with Crippen LogP contribution < -0.4 is 20.9 Å². The third kappa shape index (κ3) is 3.95. The molecule has 32 heavy (non-hydrogen) atoms. The number of hydrogen-bond acceptors (Lipinski definition) is 7. The highest BCUT2D eigenvalue weighted by molar-refractivity contribution is 6.39. The molecule has 0 spiro atoms. The van der Waals surface area contributed by atoms with Crippen LogP contribution >= 0.6 is 23.2 Å². The molecule has 0 amide bonds. The van der Waals surface area contributed by atoms with Gasteiger partial charge in [0.25, 0.3) is 5.56 Å². The fourth-order valence-electron chi connectivity index (χ4n) is 3.28. The van der Waals surface area contributed by atoms with E-state index in [9.17, 15) is 4.79 Å². The van der Waals surface area contributed by atoms with E-state index in [4.69, 9.17) is 43.6 Å². The highest BCUT2D eigenvalue weighted by Gasteiger charge is 2.20. The minimum Gasteiger partial charge on any atom is -0.491 e. The third-order valence-electron chi connectivity index (χ3n) is 4.74. The van der Waals surface area contributed by atoms with Crippen LogP contribution in [0.3, 0.4) is 0 Å². The average Bonchev–Trinajstić information content (AvgIpc) is 2.78. The highest BCUT2D eigenvalue weighted by Crippen LogP contribution is 2.34. The Morgan fingerprint density at radius 1 is 1.09 bits per heavy atom. The quantitative estimate of drug-likeness (QED) is 0.441. The van der Waals surface area contributed by atoms with E-state index in [2.05, 4.69) is 9.97 Å². The van der Waals surface area contributed by atoms with E-state index >= 15 is 0 Å². The van der Waals surface area contributed by atoms with Crippen LogP contribution in [0.15, 0.2) is 53.3 Å². The second-order valence-corrected chi connectivity index (χ2v) is 7.52. The van der Waals surface area contributed by atoms with Crippen LogP contribution in [0, 0.1) is 0 Å². The van der Waals surface area contributed by atoms with Crippen LogP contribution in [-0.2, 0) is 0 Å². The number of pyridine rings is 1. The SMILES string of the molecule is COn1c(=O)c(-c2c(Cl)cccc2Cl)cc2c(N)nc(-c3ccc(OCCO)cc3)nc21. The zero-order chi connectivity index (χ0) is 22.8. The Bertz CT molecular complexity index is 1340. The van der Waals surface area contributed by atoms with Gasteiger partial charge in [0.15, 0.2) is 11.5 Å². The molecular formula is C22H18Cl2N4O4. The molecule has 4 rings (SSSR count). The lowest BCUT2D eigenvalue weighted by Gasteiger charge is -2.14. The number of aliphatic hydroxyl groups excluding tert-OH is 1. The predicted molar refractivity (Wildman–Crippen MR) is 124 cm³/mol. The van der Waals surface area contributed by atoms with Gasteiger partial charge in [0.2, 0.25) is 0 Å². The van der Waals surface area contributed by atoms with Gasteiger partial charge in [0.1, 0.15) is 25.3 Å². The van der Waals surface area contributed by atoms with E-state index < -0.39 is 5.56 Å². The Kier molecular flexibility index (Phi) is 6.18. The van der Waals surface area contributed by atoms with Gasteiger partial charge >= 0.3 is 0 Å². The average molecular weight is 473 g/mol. The fraction of sp³-hybridized carbons (Fsp3) is 0.136. The Labute approximate surface area is 192 Å². The second-order valence-electron chi connectivity index (χ2n) is 6.70. The molecule has 0 aliphatic rings. The molecule has 0 bridgehead atoms. The van der Waals surface area contributed by atoms with Crippen molar-refractivity contribution in [2.24, 2.45) is 0 Å². The van der Waals surface area contributed by atoms with E-state index in [1.54, 1.807) is 48.5 Å². The first-order chi connectivity index (χ1) is 15.4. The number of nitrogen functional groups attached to an aromatic ring is 1. The van der Waals surface area contributed by atoms with Gasteiger partial charge in [-0.15, -0.1) is 4.73 Å². The van der Waals surface area contributed by atoms with E-state index in [0.29, 0.717) is 38.1 Å². The minimum atomic E-state index is -0.494. The van der Waals surface area contributed by atoms with E-state index in [0.717, 1.165) is 4.73 Å². The molecule has 4 aromatic rings. The molecule has 164 valence electrons. The lowest BCUT2D eigenvalue weighted by atomic mass is 10.1. The zero-order valence-electron chi connectivity index (χ0n) is 16.9. The van der Waals surface area contributed by atoms with E-state index in [-0.39, 0.29) is 30.2 Å². The number of benzene rings is 2. The number of aliphatic hydroxyl groups is 1. The molecule has 0 atom stereocenters. The first-order valence-corrected chi connectivity index (χ1v) is 10.3. The molecule has 2 aromatic carbocycles. The van der Waals surface area contributed by atoms with E-state index in [1.165, 1.54) is 7.11 Å². The van der Waals surface area contributed by atoms with Gasteiger partial charge in [-0.1, -0.05) is 29.3 Å². The van der Waals surface area contributed by atoms with Crippen LogP contribution in [0.25, 0.3) is 33.5 Å². The topological polar surface area (TPSA) is 112 Å². The van der Waals surface area contributed by atoms with E-state index in [1.807, 2.05) is 0 Å². The molecule has 0 saturated heterocycles. The number of rotatable bonds is 6. The summed E-state index contributed by atoms with van der Waals surface area (Å²) >= 11 is 12.6. The normalized spacial score (nSPS) is 11.0. The van der Waals surface area contributed by atoms with Crippen molar-refractivity contribution in [2.45, 2.75) is 0 Å². The minimum absolute atomic E-state index is 0.0813. The van der Waals surface area contributed by atoms with Crippen LogP contribution in [0.1, 0.15) is 0 Å². The maximum atomic E-state index is 13.2. The van der Waals surface area contributed by atoms with Crippen LogP contribution in [-0.4, -0.2) is 40.1 Å². The van der Waals surface area contributed by atoms with Gasteiger partial charge in [-0.05, 0) is 42.5 Å². The van der Waals surface area contributed by atoms with Gasteiger partial charge in [-0.2, -0.15) is 0 Å². The molecule has 0 fully saturated rings. The first kappa shape index (κ1) is 21.9. The van der Waals surface area contributed by atoms with Gasteiger partial charge in [-0.3, -0.25) is 4.79 Å². The maximum absolute atomic E-state index is 13.2. The molecule has 0 saturated carbocycles. The van der Waals surface area contributed by atoms with Crippen molar-refractivity contribution in [1.29, 1.82) is 0 Å². The molecule has 3 N–H and O–H groups in total. The summed E-state index contributed by atoms with van der Waals surface area (Å²) in [5.74, 6) is 1.05. The molecule has 0 aliphatic carbocycles. The summed E-state index contributed by atoms with van der Waals surface area (Å²) in [6.45, 7) is 0.110. The predicted octanol–water partition coefficient (Wildman–Crippen LogP) is 3.44. The number of ether oxygens (including phenoxy) is 1. The number of halogens is 2. The molecule has 10 heteroatoms. The van der Waals surface area contributed by atoms with Crippen molar-refractivity contribution in [3.05, 3.63) is 68.9 Å². The molecule has 2 heterocycles. The van der Waals surface area contributed by atoms with Crippen LogP contribution in [0.5, 0.6) is 5.75 Å². The number of anilines is 1. The smallest absolute Gasteiger partial charge is 0.293 e. The highest BCUT2D eigenvalue weighted by atomic mass is 35.5. The van der Waals surface area contributed by atoms with Crippen molar-refractivity contribution in [3.63, 3.8) is 0 Å². The van der Waals surface area contributed by atoms with Crippen molar-refractivity contribution in [2.75, 3.05) is 26.1 Å². The summed E-state index contributed by atoms with van der Waals surface area (Å²) < 4.78 is 6.40. The van der Waals surface area contributed by atoms with Crippen molar-refractivity contribution in [1.82, 2.24) is 14.7 Å². The van der Waals surface area contributed by atoms with Crippen molar-refractivity contribution in [3.8, 4) is 28.3 Å². The molecule has 8 nitrogen and oxygen atoms in total. The molecule has 0 aliphatic heterocycles. The van der Waals surface area contributed by atoms with Crippen LogP contribution in [0.4, 0.5) is 5.82 Å². The fourth-order valence-corrected chi connectivity index (χ4v) is 3.88. The van der Waals surface area contributed by atoms with Gasteiger partial charge in [0.05, 0.1) is 27.6 Å². The summed E-state index contributed by atoms with van der Waals surface area (Å²) in [7, 11) is 1.35. The number of aromatic nitrogens is 3. The largest absolute Gasteiger partial charge is 0.491 e.